The van der Waals surface area contributed by atoms with E-state index in [0.717, 1.165) is 19.3 Å². The molecule has 0 aromatic rings. The van der Waals surface area contributed by atoms with E-state index < -0.39 is 6.16 Å². The highest BCUT2D eigenvalue weighted by Crippen LogP contribution is 2.07. The van der Waals surface area contributed by atoms with Crippen LogP contribution in [-0.4, -0.2) is 18.9 Å². The third-order valence-electron chi connectivity index (χ3n) is 1.59. The number of rotatable bonds is 5. The molecule has 0 aliphatic rings. The van der Waals surface area contributed by atoms with Crippen LogP contribution in [0.1, 0.15) is 53.9 Å². The van der Waals surface area contributed by atoms with Crippen molar-refractivity contribution in [1.29, 1.82) is 0 Å². The van der Waals surface area contributed by atoms with Crippen LogP contribution in [0.25, 0.3) is 0 Å². The summed E-state index contributed by atoms with van der Waals surface area (Å²) >= 11 is 0. The van der Waals surface area contributed by atoms with Crippen molar-refractivity contribution in [3.05, 3.63) is 0 Å². The number of hydrogen-bond acceptors (Lipinski definition) is 3. The van der Waals surface area contributed by atoms with E-state index in [9.17, 15) is 4.79 Å². The van der Waals surface area contributed by atoms with Crippen molar-refractivity contribution < 1.29 is 14.3 Å². The molecule has 0 aliphatic carbocycles. The zero-order valence-electron chi connectivity index (χ0n) is 10.1. The van der Waals surface area contributed by atoms with Gasteiger partial charge in [0.05, 0.1) is 6.61 Å². The van der Waals surface area contributed by atoms with E-state index in [1.807, 2.05) is 20.8 Å². The quantitative estimate of drug-likeness (QED) is 0.639. The molecule has 86 valence electrons. The first-order chi connectivity index (χ1) is 6.74. The average molecular weight is 204 g/mol. The predicted octanol–water partition coefficient (Wildman–Crippen LogP) is 3.76. The molecular weight excluding hydrogens is 180 g/mol. The SMILES string of the molecule is CC.CCCC(CC)OC(=O)OCC. The van der Waals surface area contributed by atoms with E-state index in [0.29, 0.717) is 6.61 Å². The minimum atomic E-state index is -0.544. The highest BCUT2D eigenvalue weighted by atomic mass is 16.7. The number of hydrogen-bond donors (Lipinski definition) is 0. The van der Waals surface area contributed by atoms with Crippen LogP contribution in [0.2, 0.25) is 0 Å². The van der Waals surface area contributed by atoms with Crippen molar-refractivity contribution in [1.82, 2.24) is 0 Å². The minimum absolute atomic E-state index is 0.0223. The Kier molecular flexibility index (Phi) is 13.8. The molecule has 0 aliphatic heterocycles. The molecule has 0 spiro atoms. The van der Waals surface area contributed by atoms with Gasteiger partial charge >= 0.3 is 6.16 Å². The van der Waals surface area contributed by atoms with Gasteiger partial charge in [0.2, 0.25) is 0 Å². The largest absolute Gasteiger partial charge is 0.508 e. The Labute approximate surface area is 87.8 Å². The van der Waals surface area contributed by atoms with Crippen LogP contribution in [0.3, 0.4) is 0 Å². The lowest BCUT2D eigenvalue weighted by molar-refractivity contribution is 0.0220. The lowest BCUT2D eigenvalue weighted by Crippen LogP contribution is -2.18. The van der Waals surface area contributed by atoms with Crippen LogP contribution in [0.4, 0.5) is 4.79 Å². The van der Waals surface area contributed by atoms with Gasteiger partial charge in [-0.05, 0) is 19.8 Å². The molecular formula is C11H24O3. The molecule has 1 unspecified atom stereocenters. The maximum atomic E-state index is 10.8. The van der Waals surface area contributed by atoms with Gasteiger partial charge in [-0.2, -0.15) is 0 Å². The molecule has 3 nitrogen and oxygen atoms in total. The van der Waals surface area contributed by atoms with Crippen molar-refractivity contribution >= 4 is 6.16 Å². The fourth-order valence-electron chi connectivity index (χ4n) is 0.956. The molecule has 0 amide bonds. The molecule has 0 bridgehead atoms. The molecule has 0 saturated heterocycles. The maximum Gasteiger partial charge on any atom is 0.508 e. The van der Waals surface area contributed by atoms with Gasteiger partial charge in [0.15, 0.2) is 0 Å². The number of carbonyl (C=O) groups excluding carboxylic acids is 1. The summed E-state index contributed by atoms with van der Waals surface area (Å²) in [6.07, 6.45) is 2.27. The van der Waals surface area contributed by atoms with Crippen molar-refractivity contribution in [2.75, 3.05) is 6.61 Å². The fraction of sp³-hybridized carbons (Fsp3) is 0.909. The molecule has 3 heteroatoms. The summed E-state index contributed by atoms with van der Waals surface area (Å²) in [6, 6.07) is 0. The standard InChI is InChI=1S/C9H18O3.C2H6/c1-4-7-8(5-2)12-9(10)11-6-3;1-2/h8H,4-7H2,1-3H3;1-2H3. The first-order valence-corrected chi connectivity index (χ1v) is 5.57. The molecule has 0 saturated carbocycles. The zero-order valence-corrected chi connectivity index (χ0v) is 10.1. The third kappa shape index (κ3) is 9.36. The summed E-state index contributed by atoms with van der Waals surface area (Å²) in [5, 5.41) is 0. The van der Waals surface area contributed by atoms with Crippen LogP contribution in [0.5, 0.6) is 0 Å². The van der Waals surface area contributed by atoms with E-state index in [-0.39, 0.29) is 6.10 Å². The van der Waals surface area contributed by atoms with Crippen molar-refractivity contribution in [2.24, 2.45) is 0 Å². The van der Waals surface area contributed by atoms with Crippen LogP contribution >= 0.6 is 0 Å². The first-order valence-electron chi connectivity index (χ1n) is 5.57. The van der Waals surface area contributed by atoms with Gasteiger partial charge in [-0.1, -0.05) is 34.1 Å². The second-order valence-corrected chi connectivity index (χ2v) is 2.62. The summed E-state index contributed by atoms with van der Waals surface area (Å²) in [5.74, 6) is 0. The molecule has 1 atom stereocenters. The summed E-state index contributed by atoms with van der Waals surface area (Å²) in [4.78, 5) is 10.8. The van der Waals surface area contributed by atoms with Crippen molar-refractivity contribution in [2.45, 2.75) is 60.0 Å². The van der Waals surface area contributed by atoms with Crippen molar-refractivity contribution in [3.8, 4) is 0 Å². The molecule has 14 heavy (non-hydrogen) atoms. The van der Waals surface area contributed by atoms with Gasteiger partial charge < -0.3 is 9.47 Å². The van der Waals surface area contributed by atoms with E-state index in [1.54, 1.807) is 6.92 Å². The summed E-state index contributed by atoms with van der Waals surface area (Å²) in [5.41, 5.74) is 0. The topological polar surface area (TPSA) is 35.5 Å². The van der Waals surface area contributed by atoms with Gasteiger partial charge in [-0.3, -0.25) is 0 Å². The lowest BCUT2D eigenvalue weighted by atomic mass is 10.2. The summed E-state index contributed by atoms with van der Waals surface area (Å²) in [6.45, 7) is 10.2. The Morgan fingerprint density at radius 2 is 1.79 bits per heavy atom. The van der Waals surface area contributed by atoms with E-state index in [2.05, 4.69) is 11.7 Å². The van der Waals surface area contributed by atoms with Crippen LogP contribution < -0.4 is 0 Å². The second-order valence-electron chi connectivity index (χ2n) is 2.62. The Bertz CT molecular complexity index is 124. The molecule has 0 N–H and O–H groups in total. The first kappa shape index (κ1) is 15.7. The Hall–Kier alpha value is -0.730. The van der Waals surface area contributed by atoms with Gasteiger partial charge in [-0.25, -0.2) is 4.79 Å². The number of carbonyl (C=O) groups is 1. The van der Waals surface area contributed by atoms with E-state index in [4.69, 9.17) is 4.74 Å². The highest BCUT2D eigenvalue weighted by Gasteiger charge is 2.11. The second kappa shape index (κ2) is 12.3. The monoisotopic (exact) mass is 204 g/mol. The Balaban J connectivity index is 0. The molecule has 0 rings (SSSR count). The zero-order chi connectivity index (χ0) is 11.4. The Morgan fingerprint density at radius 1 is 1.21 bits per heavy atom. The Morgan fingerprint density at radius 3 is 2.14 bits per heavy atom. The van der Waals surface area contributed by atoms with Crippen LogP contribution in [0.15, 0.2) is 0 Å². The summed E-state index contributed by atoms with van der Waals surface area (Å²) < 4.78 is 9.68. The van der Waals surface area contributed by atoms with E-state index in [1.165, 1.54) is 0 Å². The minimum Gasteiger partial charge on any atom is -0.435 e. The predicted molar refractivity (Wildman–Crippen MR) is 58.4 cm³/mol. The number of ether oxygens (including phenoxy) is 2. The van der Waals surface area contributed by atoms with Crippen molar-refractivity contribution in [3.63, 3.8) is 0 Å². The van der Waals surface area contributed by atoms with Gasteiger partial charge in [-0.15, -0.1) is 0 Å². The average Bonchev–Trinajstić information content (AvgIpc) is 2.20. The normalized spacial score (nSPS) is 10.9. The summed E-state index contributed by atoms with van der Waals surface area (Å²) in [7, 11) is 0. The maximum absolute atomic E-state index is 10.8. The highest BCUT2D eigenvalue weighted by molar-refractivity contribution is 5.60. The van der Waals surface area contributed by atoms with Crippen LogP contribution in [0, 0.1) is 0 Å². The van der Waals surface area contributed by atoms with E-state index >= 15 is 0 Å². The third-order valence-corrected chi connectivity index (χ3v) is 1.59. The van der Waals surface area contributed by atoms with Gasteiger partial charge in [0.1, 0.15) is 6.10 Å². The lowest BCUT2D eigenvalue weighted by Gasteiger charge is -2.14. The smallest absolute Gasteiger partial charge is 0.435 e. The molecule has 0 fully saturated rings. The van der Waals surface area contributed by atoms with Crippen LogP contribution in [-0.2, 0) is 9.47 Å². The fourth-order valence-corrected chi connectivity index (χ4v) is 0.956. The molecule has 0 aromatic carbocycles. The van der Waals surface area contributed by atoms with Gasteiger partial charge in [0.25, 0.3) is 0 Å². The molecule has 0 aromatic heterocycles. The molecule has 0 radical (unpaired) electrons. The van der Waals surface area contributed by atoms with Gasteiger partial charge in [0, 0.05) is 0 Å². The molecule has 0 heterocycles.